The van der Waals surface area contributed by atoms with Crippen molar-refractivity contribution in [3.8, 4) is 16.9 Å². The predicted molar refractivity (Wildman–Crippen MR) is 112 cm³/mol. The highest BCUT2D eigenvalue weighted by atomic mass is 35.5. The highest BCUT2D eigenvalue weighted by Crippen LogP contribution is 2.38. The molecule has 4 N–H and O–H groups in total. The second kappa shape index (κ2) is 7.55. The molecule has 1 heterocycles. The molecule has 0 spiro atoms. The highest BCUT2D eigenvalue weighted by molar-refractivity contribution is 6.36. The first-order valence-corrected chi connectivity index (χ1v) is 9.78. The smallest absolute Gasteiger partial charge is 0.135 e. The molecule has 27 heavy (non-hydrogen) atoms. The van der Waals surface area contributed by atoms with Crippen molar-refractivity contribution in [1.29, 1.82) is 0 Å². The summed E-state index contributed by atoms with van der Waals surface area (Å²) in [6.07, 6.45) is 5.88. The van der Waals surface area contributed by atoms with E-state index in [0.29, 0.717) is 17.1 Å². The van der Waals surface area contributed by atoms with E-state index in [4.69, 9.17) is 28.9 Å². The van der Waals surface area contributed by atoms with Crippen LogP contribution in [0, 0.1) is 6.07 Å². The Kier molecular flexibility index (Phi) is 5.13. The van der Waals surface area contributed by atoms with Crippen LogP contribution in [0.2, 0.25) is 10.0 Å². The van der Waals surface area contributed by atoms with Crippen molar-refractivity contribution in [3.05, 3.63) is 52.6 Å². The minimum atomic E-state index is -0.0286. The lowest BCUT2D eigenvalue weighted by Gasteiger charge is -2.28. The minimum absolute atomic E-state index is 0.0286. The van der Waals surface area contributed by atoms with Crippen LogP contribution in [0.4, 0.5) is 5.69 Å². The molecule has 1 aromatic heterocycles. The van der Waals surface area contributed by atoms with Gasteiger partial charge in [0.05, 0.1) is 21.2 Å². The van der Waals surface area contributed by atoms with Gasteiger partial charge in [0.1, 0.15) is 5.75 Å². The minimum Gasteiger partial charge on any atom is -0.506 e. The van der Waals surface area contributed by atoms with Crippen LogP contribution in [0.25, 0.3) is 22.0 Å². The van der Waals surface area contributed by atoms with Crippen LogP contribution in [0.15, 0.2) is 36.5 Å². The van der Waals surface area contributed by atoms with Gasteiger partial charge in [0, 0.05) is 41.4 Å². The molecule has 0 unspecified atom stereocenters. The zero-order chi connectivity index (χ0) is 19.0. The Morgan fingerprint density at radius 3 is 2.63 bits per heavy atom. The number of phenolic OH excluding ortho intramolecular Hbond substituents is 1. The summed E-state index contributed by atoms with van der Waals surface area (Å²) < 4.78 is 0. The molecule has 4 rings (SSSR count). The molecular weight excluding hydrogens is 381 g/mol. The average molecular weight is 401 g/mol. The third-order valence-electron chi connectivity index (χ3n) is 5.15. The number of aromatic nitrogens is 1. The van der Waals surface area contributed by atoms with E-state index in [1.165, 1.54) is 6.07 Å². The van der Waals surface area contributed by atoms with E-state index in [-0.39, 0.29) is 10.8 Å². The molecule has 1 saturated carbocycles. The summed E-state index contributed by atoms with van der Waals surface area (Å²) in [7, 11) is 0. The first kappa shape index (κ1) is 18.4. The van der Waals surface area contributed by atoms with Gasteiger partial charge in [-0.25, -0.2) is 0 Å². The maximum Gasteiger partial charge on any atom is 0.135 e. The number of benzene rings is 2. The Hall–Kier alpha value is -2.01. The Bertz CT molecular complexity index is 985. The molecule has 1 radical (unpaired) electrons. The van der Waals surface area contributed by atoms with Crippen LogP contribution >= 0.6 is 23.2 Å². The number of anilines is 1. The van der Waals surface area contributed by atoms with Crippen LogP contribution in [0.5, 0.6) is 5.75 Å². The Morgan fingerprint density at radius 2 is 1.85 bits per heavy atom. The van der Waals surface area contributed by atoms with Crippen molar-refractivity contribution in [3.63, 3.8) is 0 Å². The van der Waals surface area contributed by atoms with Crippen molar-refractivity contribution < 1.29 is 5.11 Å². The number of pyridine rings is 1. The van der Waals surface area contributed by atoms with Crippen LogP contribution < -0.4 is 11.1 Å². The van der Waals surface area contributed by atoms with Gasteiger partial charge >= 0.3 is 0 Å². The first-order valence-electron chi connectivity index (χ1n) is 9.02. The second-order valence-electron chi connectivity index (χ2n) is 7.05. The van der Waals surface area contributed by atoms with E-state index in [1.54, 1.807) is 12.3 Å². The summed E-state index contributed by atoms with van der Waals surface area (Å²) in [6.45, 7) is 0. The highest BCUT2D eigenvalue weighted by Gasteiger charge is 2.19. The van der Waals surface area contributed by atoms with Crippen LogP contribution in [0.1, 0.15) is 25.7 Å². The molecule has 3 aromatic rings. The molecule has 0 bridgehead atoms. The molecule has 0 saturated heterocycles. The zero-order valence-electron chi connectivity index (χ0n) is 14.7. The lowest BCUT2D eigenvalue weighted by molar-refractivity contribution is 0.411. The van der Waals surface area contributed by atoms with Gasteiger partial charge < -0.3 is 16.2 Å². The molecular formula is C21H20Cl2N3O. The molecule has 4 nitrogen and oxygen atoms in total. The average Bonchev–Trinajstić information content (AvgIpc) is 2.66. The van der Waals surface area contributed by atoms with Gasteiger partial charge in [0.25, 0.3) is 0 Å². The number of nitrogens with one attached hydrogen (secondary N) is 1. The number of phenols is 1. The van der Waals surface area contributed by atoms with Crippen molar-refractivity contribution in [2.24, 2.45) is 5.73 Å². The number of halogens is 2. The van der Waals surface area contributed by atoms with Crippen molar-refractivity contribution in [2.45, 2.75) is 37.8 Å². The first-order chi connectivity index (χ1) is 13.0. The second-order valence-corrected chi connectivity index (χ2v) is 7.86. The standard InChI is InChI=1S/C21H20Cl2N3O/c22-17-11-21(27)18(23)10-15(17)12-1-6-19-16(9-12)20(7-8-25-19)26-14-4-2-13(24)3-5-14/h1,6,8-11,13-14,27H,2-5,24H2,(H,25,26)/t13-,14-. The number of nitrogens with zero attached hydrogens (tertiary/aromatic N) is 1. The molecule has 1 aliphatic rings. The number of hydrogen-bond donors (Lipinski definition) is 3. The lowest BCUT2D eigenvalue weighted by Crippen LogP contribution is -2.32. The van der Waals surface area contributed by atoms with E-state index in [1.807, 2.05) is 18.2 Å². The quantitative estimate of drug-likeness (QED) is 0.550. The van der Waals surface area contributed by atoms with Gasteiger partial charge in [-0.05, 0) is 49.4 Å². The summed E-state index contributed by atoms with van der Waals surface area (Å²) in [6, 6.07) is 13.0. The summed E-state index contributed by atoms with van der Waals surface area (Å²) in [5, 5.41) is 15.0. The van der Waals surface area contributed by atoms with Gasteiger partial charge in [0.2, 0.25) is 0 Å². The molecule has 0 aliphatic heterocycles. The predicted octanol–water partition coefficient (Wildman–Crippen LogP) is 5.40. The fourth-order valence-electron chi connectivity index (χ4n) is 3.61. The van der Waals surface area contributed by atoms with Crippen LogP contribution in [-0.2, 0) is 0 Å². The summed E-state index contributed by atoms with van der Waals surface area (Å²) in [5.74, 6) is -0.0286. The van der Waals surface area contributed by atoms with Gasteiger partial charge in [0.15, 0.2) is 0 Å². The molecule has 2 aromatic carbocycles. The van der Waals surface area contributed by atoms with Gasteiger partial charge in [-0.1, -0.05) is 29.3 Å². The maximum atomic E-state index is 9.74. The van der Waals surface area contributed by atoms with E-state index < -0.39 is 0 Å². The Morgan fingerprint density at radius 1 is 1.07 bits per heavy atom. The summed E-state index contributed by atoms with van der Waals surface area (Å²) in [5.41, 5.74) is 9.50. The van der Waals surface area contributed by atoms with E-state index in [2.05, 4.69) is 16.4 Å². The van der Waals surface area contributed by atoms with E-state index in [0.717, 1.165) is 53.4 Å². The largest absolute Gasteiger partial charge is 0.506 e. The molecule has 0 amide bonds. The van der Waals surface area contributed by atoms with Crippen molar-refractivity contribution >= 4 is 39.8 Å². The molecule has 139 valence electrons. The van der Waals surface area contributed by atoms with Crippen molar-refractivity contribution in [2.75, 3.05) is 5.32 Å². The Labute approximate surface area is 168 Å². The van der Waals surface area contributed by atoms with E-state index in [9.17, 15) is 5.11 Å². The number of hydrogen-bond acceptors (Lipinski definition) is 4. The van der Waals surface area contributed by atoms with E-state index >= 15 is 0 Å². The molecule has 6 heteroatoms. The van der Waals surface area contributed by atoms with Crippen LogP contribution in [0.3, 0.4) is 0 Å². The topological polar surface area (TPSA) is 71.2 Å². The van der Waals surface area contributed by atoms with Gasteiger partial charge in [-0.15, -0.1) is 0 Å². The fraction of sp³-hybridized carbons (Fsp3) is 0.286. The number of fused-ring (bicyclic) bond motifs is 1. The third kappa shape index (κ3) is 3.84. The van der Waals surface area contributed by atoms with Gasteiger partial charge in [-0.3, -0.25) is 4.98 Å². The third-order valence-corrected chi connectivity index (χ3v) is 5.76. The zero-order valence-corrected chi connectivity index (χ0v) is 16.2. The SMILES string of the molecule is N[C@H]1CC[C@H](Nc2[c]cnc3ccc(-c4cc(Cl)c(O)cc4Cl)cc23)CC1. The van der Waals surface area contributed by atoms with Crippen LogP contribution in [-0.4, -0.2) is 22.2 Å². The van der Waals surface area contributed by atoms with Crippen molar-refractivity contribution in [1.82, 2.24) is 4.98 Å². The van der Waals surface area contributed by atoms with Gasteiger partial charge in [-0.2, -0.15) is 0 Å². The lowest BCUT2D eigenvalue weighted by atomic mass is 9.91. The normalized spacial score (nSPS) is 20.0. The summed E-state index contributed by atoms with van der Waals surface area (Å²) in [4.78, 5) is 4.42. The Balaban J connectivity index is 1.72. The number of rotatable bonds is 3. The summed E-state index contributed by atoms with van der Waals surface area (Å²) >= 11 is 12.4. The number of aromatic hydroxyl groups is 1. The molecule has 1 aliphatic carbocycles. The monoisotopic (exact) mass is 400 g/mol. The maximum absolute atomic E-state index is 9.74. The fourth-order valence-corrected chi connectivity index (χ4v) is 4.04. The molecule has 0 atom stereocenters. The molecule has 1 fully saturated rings. The number of nitrogens with two attached hydrogens (primary N) is 1.